The van der Waals surface area contributed by atoms with Crippen molar-refractivity contribution in [1.29, 1.82) is 0 Å². The van der Waals surface area contributed by atoms with Gasteiger partial charge in [0.15, 0.2) is 0 Å². The third kappa shape index (κ3) is 5.88. The minimum absolute atomic E-state index is 0.0704. The monoisotopic (exact) mass is 259 g/mol. The van der Waals surface area contributed by atoms with Gasteiger partial charge in [0.25, 0.3) is 0 Å². The van der Waals surface area contributed by atoms with Crippen molar-refractivity contribution in [2.24, 2.45) is 5.73 Å². The van der Waals surface area contributed by atoms with Crippen molar-refractivity contribution in [2.75, 3.05) is 0 Å². The Balaban J connectivity index is 2.67. The Kier molecular flexibility index (Phi) is 4.46. The number of hydrogen-bond acceptors (Lipinski definition) is 2. The van der Waals surface area contributed by atoms with E-state index in [9.17, 15) is 18.0 Å². The molecular weight excluding hydrogens is 251 g/mol. The van der Waals surface area contributed by atoms with Gasteiger partial charge in [0.05, 0.1) is 6.42 Å². The highest BCUT2D eigenvalue weighted by atomic mass is 32.2. The second-order valence-corrected chi connectivity index (χ2v) is 4.16. The third-order valence-corrected chi connectivity index (χ3v) is 2.32. The van der Waals surface area contributed by atoms with Crippen molar-refractivity contribution < 1.29 is 18.0 Å². The van der Waals surface area contributed by atoms with Crippen molar-refractivity contribution in [1.82, 2.24) is 0 Å². The lowest BCUT2D eigenvalue weighted by Crippen LogP contribution is -2.08. The molecule has 0 bridgehead atoms. The van der Waals surface area contributed by atoms with E-state index in [-0.39, 0.29) is 23.1 Å². The second-order valence-electron chi connectivity index (χ2n) is 3.02. The van der Waals surface area contributed by atoms with Crippen LogP contribution in [0.25, 0.3) is 0 Å². The maximum absolute atomic E-state index is 12.0. The van der Waals surface area contributed by atoms with Gasteiger partial charge >= 0.3 is 5.51 Å². The molecule has 0 aliphatic carbocycles. The Bertz CT molecular complexity index is 456. The van der Waals surface area contributed by atoms with Gasteiger partial charge in [-0.1, -0.05) is 11.8 Å². The van der Waals surface area contributed by atoms with E-state index < -0.39 is 11.4 Å². The maximum Gasteiger partial charge on any atom is 0.446 e. The molecule has 0 atom stereocenters. The van der Waals surface area contributed by atoms with Crippen LogP contribution in [-0.2, 0) is 4.79 Å². The molecule has 0 saturated carbocycles. The number of nitrogens with two attached hydrogens (primary N) is 1. The molecule has 0 unspecified atom stereocenters. The lowest BCUT2D eigenvalue weighted by molar-refractivity contribution is -0.117. The molecule has 2 nitrogen and oxygen atoms in total. The summed E-state index contributed by atoms with van der Waals surface area (Å²) >= 11 is -0.184. The fraction of sp³-hybridized carbons (Fsp3) is 0.182. The smallest absolute Gasteiger partial charge is 0.369 e. The van der Waals surface area contributed by atoms with Gasteiger partial charge in [-0.05, 0) is 36.0 Å². The number of alkyl halides is 3. The van der Waals surface area contributed by atoms with E-state index in [1.165, 1.54) is 24.3 Å². The number of primary amides is 1. The van der Waals surface area contributed by atoms with Gasteiger partial charge in [-0.15, -0.1) is 0 Å². The van der Waals surface area contributed by atoms with Gasteiger partial charge in [-0.2, -0.15) is 13.2 Å². The molecule has 0 aromatic heterocycles. The molecule has 0 aliphatic heterocycles. The number of hydrogen-bond donors (Lipinski definition) is 1. The number of carbonyl (C=O) groups excluding carboxylic acids is 1. The number of benzene rings is 1. The Hall–Kier alpha value is -1.61. The largest absolute Gasteiger partial charge is 0.446 e. The quantitative estimate of drug-likeness (QED) is 0.655. The van der Waals surface area contributed by atoms with Crippen LogP contribution in [0.4, 0.5) is 13.2 Å². The van der Waals surface area contributed by atoms with Crippen molar-refractivity contribution in [3.05, 3.63) is 29.8 Å². The van der Waals surface area contributed by atoms with Gasteiger partial charge in [-0.25, -0.2) is 0 Å². The minimum Gasteiger partial charge on any atom is -0.369 e. The summed E-state index contributed by atoms with van der Waals surface area (Å²) in [5.41, 5.74) is 1.13. The third-order valence-electron chi connectivity index (χ3n) is 1.58. The standard InChI is InChI=1S/C11H8F3NOS/c12-11(13,14)17-9-6-4-8(5-7-9)2-1-3-10(15)16/h4-7H,3H2,(H2,15,16). The summed E-state index contributed by atoms with van der Waals surface area (Å²) in [6, 6.07) is 5.57. The fourth-order valence-corrected chi connectivity index (χ4v) is 1.51. The fourth-order valence-electron chi connectivity index (χ4n) is 0.973. The van der Waals surface area contributed by atoms with E-state index in [1.807, 2.05) is 0 Å². The summed E-state index contributed by atoms with van der Waals surface area (Å²) in [6.07, 6.45) is -0.0704. The van der Waals surface area contributed by atoms with Crippen LogP contribution in [-0.4, -0.2) is 11.4 Å². The van der Waals surface area contributed by atoms with Crippen molar-refractivity contribution in [3.63, 3.8) is 0 Å². The molecule has 17 heavy (non-hydrogen) atoms. The zero-order chi connectivity index (χ0) is 12.9. The maximum atomic E-state index is 12.0. The minimum atomic E-state index is -4.29. The predicted octanol–water partition coefficient (Wildman–Crippen LogP) is 2.53. The molecule has 1 aromatic rings. The molecule has 2 N–H and O–H groups in total. The van der Waals surface area contributed by atoms with Crippen LogP contribution in [0.15, 0.2) is 29.2 Å². The lowest BCUT2D eigenvalue weighted by atomic mass is 10.2. The second kappa shape index (κ2) is 5.64. The van der Waals surface area contributed by atoms with Gasteiger partial charge in [-0.3, -0.25) is 4.79 Å². The summed E-state index contributed by atoms with van der Waals surface area (Å²) in [5.74, 6) is 4.60. The van der Waals surface area contributed by atoms with E-state index in [4.69, 9.17) is 5.73 Å². The van der Waals surface area contributed by atoms with Gasteiger partial charge < -0.3 is 5.73 Å². The van der Waals surface area contributed by atoms with E-state index in [1.54, 1.807) is 0 Å². The Morgan fingerprint density at radius 3 is 2.35 bits per heavy atom. The first-order valence-corrected chi connectivity index (χ1v) is 5.31. The van der Waals surface area contributed by atoms with Crippen molar-refractivity contribution in [2.45, 2.75) is 16.8 Å². The first-order valence-electron chi connectivity index (χ1n) is 4.50. The average molecular weight is 259 g/mol. The number of carbonyl (C=O) groups is 1. The summed E-state index contributed by atoms with van der Waals surface area (Å²) in [6.45, 7) is 0. The Morgan fingerprint density at radius 2 is 1.88 bits per heavy atom. The molecule has 0 saturated heterocycles. The molecule has 0 radical (unpaired) electrons. The molecule has 1 aromatic carbocycles. The van der Waals surface area contributed by atoms with Gasteiger partial charge in [0.2, 0.25) is 5.91 Å². The van der Waals surface area contributed by atoms with E-state index in [0.29, 0.717) is 5.56 Å². The first-order chi connectivity index (χ1) is 7.87. The zero-order valence-corrected chi connectivity index (χ0v) is 9.36. The molecule has 6 heteroatoms. The van der Waals surface area contributed by atoms with Crippen LogP contribution in [0.2, 0.25) is 0 Å². The molecule has 0 aliphatic rings. The van der Waals surface area contributed by atoms with Crippen LogP contribution in [0.3, 0.4) is 0 Å². The van der Waals surface area contributed by atoms with Gasteiger partial charge in [0, 0.05) is 10.5 Å². The highest BCUT2D eigenvalue weighted by Crippen LogP contribution is 2.36. The topological polar surface area (TPSA) is 43.1 Å². The predicted molar refractivity (Wildman–Crippen MR) is 59.0 cm³/mol. The van der Waals surface area contributed by atoms with Crippen molar-refractivity contribution >= 4 is 17.7 Å². The van der Waals surface area contributed by atoms with Crippen LogP contribution in [0.1, 0.15) is 12.0 Å². The number of amides is 1. The molecule has 90 valence electrons. The highest BCUT2D eigenvalue weighted by molar-refractivity contribution is 8.00. The van der Waals surface area contributed by atoms with Crippen molar-refractivity contribution in [3.8, 4) is 11.8 Å². The molecule has 1 amide bonds. The number of rotatable bonds is 2. The first kappa shape index (κ1) is 13.5. The molecular formula is C11H8F3NOS. The summed E-state index contributed by atoms with van der Waals surface area (Å²) in [4.78, 5) is 10.5. The Labute approximate surface area is 100 Å². The zero-order valence-electron chi connectivity index (χ0n) is 8.54. The Morgan fingerprint density at radius 1 is 1.29 bits per heavy atom. The van der Waals surface area contributed by atoms with Crippen LogP contribution >= 0.6 is 11.8 Å². The highest BCUT2D eigenvalue weighted by Gasteiger charge is 2.28. The molecule has 0 heterocycles. The van der Waals surface area contributed by atoms with Crippen LogP contribution < -0.4 is 5.73 Å². The van der Waals surface area contributed by atoms with E-state index in [0.717, 1.165) is 0 Å². The summed E-state index contributed by atoms with van der Waals surface area (Å²) < 4.78 is 36.1. The van der Waals surface area contributed by atoms with Gasteiger partial charge in [0.1, 0.15) is 0 Å². The number of thioether (sulfide) groups is 1. The summed E-state index contributed by atoms with van der Waals surface area (Å²) in [5, 5.41) is 0. The van der Waals surface area contributed by atoms with Crippen LogP contribution in [0, 0.1) is 11.8 Å². The summed E-state index contributed by atoms with van der Waals surface area (Å²) in [7, 11) is 0. The number of halogens is 3. The SMILES string of the molecule is NC(=O)CC#Cc1ccc(SC(F)(F)F)cc1. The average Bonchev–Trinajstić information content (AvgIpc) is 2.18. The van der Waals surface area contributed by atoms with E-state index >= 15 is 0 Å². The van der Waals surface area contributed by atoms with Crippen LogP contribution in [0.5, 0.6) is 0 Å². The molecule has 0 spiro atoms. The normalized spacial score (nSPS) is 10.5. The molecule has 1 rings (SSSR count). The molecule has 0 fully saturated rings. The lowest BCUT2D eigenvalue weighted by Gasteiger charge is -2.04. The van der Waals surface area contributed by atoms with E-state index in [2.05, 4.69) is 11.8 Å².